The lowest BCUT2D eigenvalue weighted by atomic mass is 10.1. The van der Waals surface area contributed by atoms with Crippen molar-refractivity contribution in [3.05, 3.63) is 97.5 Å². The van der Waals surface area contributed by atoms with E-state index in [1.807, 2.05) is 0 Å². The average molecular weight is 445 g/mol. The van der Waals surface area contributed by atoms with Gasteiger partial charge in [0.25, 0.3) is 11.6 Å². The smallest absolute Gasteiger partial charge is 0.343 e. The highest BCUT2D eigenvalue weighted by Gasteiger charge is 2.16. The van der Waals surface area contributed by atoms with Crippen LogP contribution in [0, 0.1) is 17.0 Å². The number of hydrogen-bond donors (Lipinski definition) is 1. The van der Waals surface area contributed by atoms with Gasteiger partial charge in [-0.1, -0.05) is 23.2 Å². The molecule has 0 saturated carbocycles. The Morgan fingerprint density at radius 2 is 1.63 bits per heavy atom. The lowest BCUT2D eigenvalue weighted by Gasteiger charge is -2.09. The minimum atomic E-state index is -0.670. The molecule has 0 unspecified atom stereocenters. The van der Waals surface area contributed by atoms with Crippen LogP contribution in [0.3, 0.4) is 0 Å². The monoisotopic (exact) mass is 444 g/mol. The van der Waals surface area contributed by atoms with E-state index in [4.69, 9.17) is 27.9 Å². The maximum Gasteiger partial charge on any atom is 0.343 e. The first-order valence-electron chi connectivity index (χ1n) is 8.58. The third-order valence-electron chi connectivity index (χ3n) is 4.13. The number of nitrogens with zero attached hydrogens (tertiary/aromatic N) is 1. The van der Waals surface area contributed by atoms with Crippen molar-refractivity contribution in [2.75, 3.05) is 5.32 Å². The summed E-state index contributed by atoms with van der Waals surface area (Å²) in [5.74, 6) is -0.868. The molecule has 0 spiro atoms. The second-order valence-corrected chi connectivity index (χ2v) is 7.09. The largest absolute Gasteiger partial charge is 0.423 e. The van der Waals surface area contributed by atoms with Crippen LogP contribution in [0.1, 0.15) is 26.3 Å². The SMILES string of the molecule is Cc1cc(C(=O)Oc2ccc(C(=O)Nc3cc(Cl)ccc3Cl)cc2)ccc1[N+](=O)[O-]. The van der Waals surface area contributed by atoms with Gasteiger partial charge >= 0.3 is 5.97 Å². The van der Waals surface area contributed by atoms with Crippen LogP contribution in [0.5, 0.6) is 5.75 Å². The van der Waals surface area contributed by atoms with Crippen LogP contribution in [-0.2, 0) is 0 Å². The Balaban J connectivity index is 1.69. The molecule has 0 heterocycles. The van der Waals surface area contributed by atoms with Crippen molar-refractivity contribution >= 4 is 46.5 Å². The topological polar surface area (TPSA) is 98.5 Å². The molecule has 30 heavy (non-hydrogen) atoms. The summed E-state index contributed by atoms with van der Waals surface area (Å²) in [5, 5.41) is 14.3. The molecule has 1 amide bonds. The number of amides is 1. The summed E-state index contributed by atoms with van der Waals surface area (Å²) in [6.07, 6.45) is 0. The van der Waals surface area contributed by atoms with Gasteiger partial charge in [-0.05, 0) is 61.5 Å². The van der Waals surface area contributed by atoms with Crippen LogP contribution in [0.15, 0.2) is 60.7 Å². The number of anilines is 1. The van der Waals surface area contributed by atoms with Crippen LogP contribution in [-0.4, -0.2) is 16.8 Å². The van der Waals surface area contributed by atoms with E-state index in [2.05, 4.69) is 5.32 Å². The molecule has 9 heteroatoms. The third-order valence-corrected chi connectivity index (χ3v) is 4.70. The molecular formula is C21H14Cl2N2O5. The number of esters is 1. The highest BCUT2D eigenvalue weighted by Crippen LogP contribution is 2.26. The van der Waals surface area contributed by atoms with E-state index in [0.29, 0.717) is 26.9 Å². The average Bonchev–Trinajstić information content (AvgIpc) is 2.70. The summed E-state index contributed by atoms with van der Waals surface area (Å²) in [4.78, 5) is 35.0. The van der Waals surface area contributed by atoms with Crippen molar-refractivity contribution in [3.63, 3.8) is 0 Å². The number of nitro benzene ring substituents is 1. The molecule has 0 aliphatic rings. The minimum Gasteiger partial charge on any atom is -0.423 e. The number of aryl methyl sites for hydroxylation is 1. The van der Waals surface area contributed by atoms with Crippen molar-refractivity contribution in [1.82, 2.24) is 0 Å². The molecule has 3 aromatic rings. The predicted molar refractivity (Wildman–Crippen MR) is 114 cm³/mol. The highest BCUT2D eigenvalue weighted by molar-refractivity contribution is 6.35. The first-order chi connectivity index (χ1) is 14.2. The van der Waals surface area contributed by atoms with Gasteiger partial charge < -0.3 is 10.1 Å². The zero-order valence-corrected chi connectivity index (χ0v) is 17.0. The summed E-state index contributed by atoms with van der Waals surface area (Å²) in [6.45, 7) is 1.54. The highest BCUT2D eigenvalue weighted by atomic mass is 35.5. The Morgan fingerprint density at radius 3 is 2.27 bits per heavy atom. The van der Waals surface area contributed by atoms with Gasteiger partial charge in [0.2, 0.25) is 0 Å². The van der Waals surface area contributed by atoms with Crippen LogP contribution < -0.4 is 10.1 Å². The zero-order valence-electron chi connectivity index (χ0n) is 15.5. The second-order valence-electron chi connectivity index (χ2n) is 6.25. The molecule has 0 saturated heterocycles. The Labute approximate surface area is 181 Å². The van der Waals surface area contributed by atoms with E-state index >= 15 is 0 Å². The molecule has 0 bridgehead atoms. The molecule has 0 radical (unpaired) electrons. The third kappa shape index (κ3) is 4.94. The Bertz CT molecular complexity index is 1150. The number of carbonyl (C=O) groups is 2. The van der Waals surface area contributed by atoms with Crippen molar-refractivity contribution in [3.8, 4) is 5.75 Å². The lowest BCUT2D eigenvalue weighted by molar-refractivity contribution is -0.385. The maximum atomic E-state index is 12.4. The standard InChI is InChI=1S/C21H14Cl2N2O5/c1-12-10-14(4-9-19(12)25(28)29)21(27)30-16-6-2-13(3-7-16)20(26)24-18-11-15(22)5-8-17(18)23/h2-11H,1H3,(H,24,26). The molecule has 1 N–H and O–H groups in total. The fourth-order valence-corrected chi connectivity index (χ4v) is 2.95. The maximum absolute atomic E-state index is 12.4. The number of rotatable bonds is 5. The number of nitro groups is 1. The zero-order chi connectivity index (χ0) is 21.8. The van der Waals surface area contributed by atoms with Gasteiger partial charge in [-0.15, -0.1) is 0 Å². The van der Waals surface area contributed by atoms with E-state index in [0.717, 1.165) is 0 Å². The first kappa shape index (κ1) is 21.3. The summed E-state index contributed by atoms with van der Waals surface area (Å²) >= 11 is 11.9. The quantitative estimate of drug-likeness (QED) is 0.236. The number of nitrogens with one attached hydrogen (secondary N) is 1. The Hall–Kier alpha value is -3.42. The number of hydrogen-bond acceptors (Lipinski definition) is 5. The van der Waals surface area contributed by atoms with Crippen molar-refractivity contribution in [2.24, 2.45) is 0 Å². The van der Waals surface area contributed by atoms with Gasteiger partial charge in [-0.25, -0.2) is 4.79 Å². The summed E-state index contributed by atoms with van der Waals surface area (Å²) in [7, 11) is 0. The molecule has 0 aromatic heterocycles. The Kier molecular flexibility index (Phi) is 6.34. The molecular weight excluding hydrogens is 431 g/mol. The van der Waals surface area contributed by atoms with Crippen LogP contribution in [0.4, 0.5) is 11.4 Å². The molecule has 0 fully saturated rings. The molecule has 152 valence electrons. The molecule has 3 aromatic carbocycles. The fraction of sp³-hybridized carbons (Fsp3) is 0.0476. The second kappa shape index (κ2) is 8.94. The number of ether oxygens (including phenoxy) is 1. The van der Waals surface area contributed by atoms with Crippen molar-refractivity contribution in [1.29, 1.82) is 0 Å². The van der Waals surface area contributed by atoms with Gasteiger partial charge in [0, 0.05) is 22.2 Å². The number of carbonyl (C=O) groups excluding carboxylic acids is 2. The van der Waals surface area contributed by atoms with E-state index in [1.54, 1.807) is 12.1 Å². The molecule has 0 aliphatic heterocycles. The van der Waals surface area contributed by atoms with Gasteiger partial charge in [0.05, 0.1) is 21.2 Å². The van der Waals surface area contributed by atoms with E-state index in [1.165, 1.54) is 55.5 Å². The molecule has 7 nitrogen and oxygen atoms in total. The van der Waals surface area contributed by atoms with E-state index < -0.39 is 16.8 Å². The summed E-state index contributed by atoms with van der Waals surface area (Å²) in [6, 6.07) is 14.6. The van der Waals surface area contributed by atoms with Crippen LogP contribution in [0.25, 0.3) is 0 Å². The van der Waals surface area contributed by atoms with Gasteiger partial charge in [-0.3, -0.25) is 14.9 Å². The number of benzene rings is 3. The van der Waals surface area contributed by atoms with Gasteiger partial charge in [0.1, 0.15) is 5.75 Å². The van der Waals surface area contributed by atoms with E-state index in [-0.39, 0.29) is 17.0 Å². The predicted octanol–water partition coefficient (Wildman–Crippen LogP) is 5.68. The number of halogens is 2. The summed E-state index contributed by atoms with van der Waals surface area (Å²) in [5.41, 5.74) is 1.13. The normalized spacial score (nSPS) is 10.4. The Morgan fingerprint density at radius 1 is 0.967 bits per heavy atom. The van der Waals surface area contributed by atoms with Crippen LogP contribution in [0.2, 0.25) is 10.0 Å². The minimum absolute atomic E-state index is 0.0817. The van der Waals surface area contributed by atoms with E-state index in [9.17, 15) is 19.7 Å². The van der Waals surface area contributed by atoms with Crippen molar-refractivity contribution in [2.45, 2.75) is 6.92 Å². The molecule has 3 rings (SSSR count). The fourth-order valence-electron chi connectivity index (χ4n) is 2.62. The van der Waals surface area contributed by atoms with Gasteiger partial charge in [0.15, 0.2) is 0 Å². The molecule has 0 aliphatic carbocycles. The lowest BCUT2D eigenvalue weighted by Crippen LogP contribution is -2.13. The first-order valence-corrected chi connectivity index (χ1v) is 9.34. The van der Waals surface area contributed by atoms with Crippen LogP contribution >= 0.6 is 23.2 Å². The molecule has 0 atom stereocenters. The van der Waals surface area contributed by atoms with Gasteiger partial charge in [-0.2, -0.15) is 0 Å². The summed E-state index contributed by atoms with van der Waals surface area (Å²) < 4.78 is 5.26. The van der Waals surface area contributed by atoms with Crippen molar-refractivity contribution < 1.29 is 19.2 Å².